The van der Waals surface area contributed by atoms with E-state index in [1.165, 1.54) is 0 Å². The van der Waals surface area contributed by atoms with E-state index in [0.717, 1.165) is 36.6 Å². The molecule has 2 saturated heterocycles. The molecule has 46 heavy (non-hydrogen) atoms. The first-order chi connectivity index (χ1) is 22.2. The van der Waals surface area contributed by atoms with Crippen LogP contribution < -0.4 is 14.7 Å². The number of fused-ring (bicyclic) bond motifs is 2. The molecule has 8 nitrogen and oxygen atoms in total. The van der Waals surface area contributed by atoms with Crippen molar-refractivity contribution in [3.05, 3.63) is 78.9 Å². The van der Waals surface area contributed by atoms with Gasteiger partial charge in [0.05, 0.1) is 29.2 Å². The molecule has 244 valence electrons. The van der Waals surface area contributed by atoms with Gasteiger partial charge in [-0.1, -0.05) is 62.8 Å². The summed E-state index contributed by atoms with van der Waals surface area (Å²) >= 11 is 1.58. The fourth-order valence-electron chi connectivity index (χ4n) is 8.14. The third-order valence-corrected chi connectivity index (χ3v) is 12.5. The Labute approximate surface area is 277 Å². The van der Waals surface area contributed by atoms with Crippen molar-refractivity contribution in [2.24, 2.45) is 17.8 Å². The lowest BCUT2D eigenvalue weighted by molar-refractivity contribution is -0.143. The Morgan fingerprint density at radius 3 is 2.07 bits per heavy atom. The largest absolute Gasteiger partial charge is 0.394 e. The van der Waals surface area contributed by atoms with E-state index in [9.17, 15) is 14.7 Å². The van der Waals surface area contributed by atoms with E-state index in [-0.39, 0.29) is 30.2 Å². The number of hydrogen-bond acceptors (Lipinski definition) is 6. The summed E-state index contributed by atoms with van der Waals surface area (Å²) < 4.78 is -1.69. The van der Waals surface area contributed by atoms with Crippen LogP contribution >= 0.6 is 11.8 Å². The Balaban J connectivity index is 1.47. The van der Waals surface area contributed by atoms with Crippen molar-refractivity contribution in [3.8, 4) is 0 Å². The van der Waals surface area contributed by atoms with E-state index in [1.807, 2.05) is 93.6 Å². The summed E-state index contributed by atoms with van der Waals surface area (Å²) in [5.74, 6) is -2.02. The number of nitrogens with zero attached hydrogens (tertiary/aromatic N) is 4. The molecule has 2 fully saturated rings. The average molecular weight is 643 g/mol. The van der Waals surface area contributed by atoms with Crippen LogP contribution in [-0.2, 0) is 14.4 Å². The van der Waals surface area contributed by atoms with E-state index in [0.29, 0.717) is 13.1 Å². The van der Waals surface area contributed by atoms with Crippen LogP contribution in [0.2, 0.25) is 0 Å². The summed E-state index contributed by atoms with van der Waals surface area (Å²) in [5.41, 5.74) is 2.63. The highest BCUT2D eigenvalue weighted by Crippen LogP contribution is 2.66. The van der Waals surface area contributed by atoms with Gasteiger partial charge in [0.1, 0.15) is 6.04 Å². The smallest absolute Gasteiger partial charge is 0.251 e. The lowest BCUT2D eigenvalue weighted by atomic mass is 9.74. The van der Waals surface area contributed by atoms with E-state index >= 15 is 4.79 Å². The monoisotopic (exact) mass is 642 g/mol. The molecule has 0 bridgehead atoms. The molecule has 0 radical (unpaired) electrons. The highest BCUT2D eigenvalue weighted by molar-refractivity contribution is 8.02. The molecule has 4 aliphatic heterocycles. The van der Waals surface area contributed by atoms with Crippen LogP contribution in [0.25, 0.3) is 0 Å². The number of aliphatic hydroxyl groups is 1. The van der Waals surface area contributed by atoms with Crippen molar-refractivity contribution >= 4 is 46.5 Å². The number of hydrogen-bond donors (Lipinski definition) is 1. The van der Waals surface area contributed by atoms with Gasteiger partial charge in [-0.05, 0) is 63.1 Å². The highest BCUT2D eigenvalue weighted by atomic mass is 32.2. The lowest BCUT2D eigenvalue weighted by Crippen LogP contribution is -2.58. The second-order valence-electron chi connectivity index (χ2n) is 13.1. The summed E-state index contributed by atoms with van der Waals surface area (Å²) in [6.07, 6.45) is 8.89. The predicted molar refractivity (Wildman–Crippen MR) is 186 cm³/mol. The molecular formula is C37H46N4O4S. The molecule has 2 aromatic carbocycles. The maximum Gasteiger partial charge on any atom is 0.251 e. The van der Waals surface area contributed by atoms with Crippen LogP contribution in [-0.4, -0.2) is 82.1 Å². The third kappa shape index (κ3) is 4.98. The van der Waals surface area contributed by atoms with Crippen molar-refractivity contribution in [3.63, 3.8) is 0 Å². The molecule has 1 spiro atoms. The molecule has 7 atom stereocenters. The number of aliphatic hydroxyl groups excluding tert-OH is 1. The van der Waals surface area contributed by atoms with E-state index < -0.39 is 33.4 Å². The Morgan fingerprint density at radius 2 is 1.46 bits per heavy atom. The molecule has 4 heterocycles. The zero-order valence-electron chi connectivity index (χ0n) is 27.5. The van der Waals surface area contributed by atoms with Crippen LogP contribution in [0.5, 0.6) is 0 Å². The highest BCUT2D eigenvalue weighted by Gasteiger charge is 2.74. The first kappa shape index (κ1) is 32.4. The summed E-state index contributed by atoms with van der Waals surface area (Å²) in [4.78, 5) is 52.1. The van der Waals surface area contributed by atoms with Crippen molar-refractivity contribution < 1.29 is 19.5 Å². The molecule has 1 unspecified atom stereocenters. The SMILES string of the molecule is CC[C@H](C)[C@H](CO)N1C(=O)[C@@H]2[C@H]3C(=O)N(c4ccccc4)CC=C[C@@]3(C)S[C@@]23C=CCN(c2ccc(N(CC)CC)cc2)C(=O)C13. The van der Waals surface area contributed by atoms with E-state index in [4.69, 9.17) is 0 Å². The number of amides is 3. The zero-order chi connectivity index (χ0) is 32.8. The minimum atomic E-state index is -0.982. The Bertz CT molecular complexity index is 1530. The van der Waals surface area contributed by atoms with Crippen molar-refractivity contribution in [2.75, 3.05) is 47.5 Å². The maximum atomic E-state index is 15.0. The summed E-state index contributed by atoms with van der Waals surface area (Å²) in [6.45, 7) is 12.6. The van der Waals surface area contributed by atoms with Gasteiger partial charge in [-0.2, -0.15) is 0 Å². The molecule has 0 saturated carbocycles. The Hall–Kier alpha value is -3.56. The van der Waals surface area contributed by atoms with Gasteiger partial charge in [-0.25, -0.2) is 0 Å². The fraction of sp³-hybridized carbons (Fsp3) is 0.486. The van der Waals surface area contributed by atoms with Crippen molar-refractivity contribution in [1.29, 1.82) is 0 Å². The molecular weight excluding hydrogens is 596 g/mol. The van der Waals surface area contributed by atoms with Crippen molar-refractivity contribution in [2.45, 2.75) is 62.6 Å². The summed E-state index contributed by atoms with van der Waals surface area (Å²) in [7, 11) is 0. The summed E-state index contributed by atoms with van der Waals surface area (Å²) in [5, 5.41) is 10.8. The average Bonchev–Trinajstić information content (AvgIpc) is 3.33. The second-order valence-corrected chi connectivity index (χ2v) is 14.9. The standard InChI is InChI=1S/C37H46N4O4S/c1-6-25(4)29(24-42)41-32-35(45)40(28-18-16-26(17-19-28)38(7-2)8-3)23-13-21-37(32)31(34(41)44)30-33(43)39(27-14-10-9-11-15-27)22-12-20-36(30,5)46-37/h9-21,25,29-32,42H,6-8,22-24H2,1-5H3/t25-,29-,30-,31-,32?,36+,37-/m0/s1. The van der Waals surface area contributed by atoms with Gasteiger partial charge >= 0.3 is 0 Å². The quantitative estimate of drug-likeness (QED) is 0.382. The van der Waals surface area contributed by atoms with Crippen LogP contribution in [0.3, 0.4) is 0 Å². The minimum Gasteiger partial charge on any atom is -0.394 e. The van der Waals surface area contributed by atoms with Gasteiger partial charge in [0.25, 0.3) is 5.91 Å². The van der Waals surface area contributed by atoms with E-state index in [1.54, 1.807) is 26.5 Å². The Kier molecular flexibility index (Phi) is 8.85. The number of carbonyl (C=O) groups excluding carboxylic acids is 3. The van der Waals surface area contributed by atoms with Crippen LogP contribution in [0.4, 0.5) is 17.1 Å². The topological polar surface area (TPSA) is 84.4 Å². The number of thioether (sulfide) groups is 1. The number of carbonyl (C=O) groups is 3. The van der Waals surface area contributed by atoms with Gasteiger partial charge < -0.3 is 24.7 Å². The molecule has 0 aliphatic carbocycles. The van der Waals surface area contributed by atoms with Gasteiger partial charge in [0.2, 0.25) is 11.8 Å². The zero-order valence-corrected chi connectivity index (χ0v) is 28.3. The molecule has 0 aromatic heterocycles. The number of anilines is 3. The normalized spacial score (nSPS) is 30.1. The first-order valence-corrected chi connectivity index (χ1v) is 17.5. The second kappa shape index (κ2) is 12.6. The van der Waals surface area contributed by atoms with Crippen molar-refractivity contribution in [1.82, 2.24) is 4.90 Å². The molecule has 2 aromatic rings. The predicted octanol–water partition coefficient (Wildman–Crippen LogP) is 5.13. The lowest BCUT2D eigenvalue weighted by Gasteiger charge is -2.41. The first-order valence-electron chi connectivity index (χ1n) is 16.7. The van der Waals surface area contributed by atoms with Crippen LogP contribution in [0, 0.1) is 17.8 Å². The number of benzene rings is 2. The van der Waals surface area contributed by atoms with Crippen LogP contribution in [0.1, 0.15) is 41.0 Å². The number of rotatable bonds is 9. The Morgan fingerprint density at radius 1 is 0.848 bits per heavy atom. The molecule has 3 amide bonds. The molecule has 4 aliphatic rings. The van der Waals surface area contributed by atoms with Gasteiger partial charge in [-0.3, -0.25) is 14.4 Å². The molecule has 1 N–H and O–H groups in total. The van der Waals surface area contributed by atoms with Gasteiger partial charge in [0, 0.05) is 48.0 Å². The fourth-order valence-corrected chi connectivity index (χ4v) is 10.3. The van der Waals surface area contributed by atoms with Gasteiger partial charge in [-0.15, -0.1) is 11.8 Å². The molecule has 6 rings (SSSR count). The maximum absolute atomic E-state index is 15.0. The number of para-hydroxylation sites is 1. The summed E-state index contributed by atoms with van der Waals surface area (Å²) in [6, 6.07) is 16.2. The number of likely N-dealkylation sites (tertiary alicyclic amines) is 1. The minimum absolute atomic E-state index is 0.0476. The van der Waals surface area contributed by atoms with Gasteiger partial charge in [0.15, 0.2) is 0 Å². The molecule has 9 heteroatoms. The van der Waals surface area contributed by atoms with Crippen LogP contribution in [0.15, 0.2) is 78.9 Å². The van der Waals surface area contributed by atoms with E-state index in [2.05, 4.69) is 24.8 Å². The third-order valence-electron chi connectivity index (χ3n) is 10.7.